The topological polar surface area (TPSA) is 83.8 Å². The van der Waals surface area contributed by atoms with E-state index in [1.54, 1.807) is 6.20 Å². The van der Waals surface area contributed by atoms with E-state index in [-0.39, 0.29) is 0 Å². The van der Waals surface area contributed by atoms with Crippen molar-refractivity contribution in [3.63, 3.8) is 0 Å². The van der Waals surface area contributed by atoms with Crippen LogP contribution in [0.3, 0.4) is 0 Å². The van der Waals surface area contributed by atoms with Gasteiger partial charge in [-0.25, -0.2) is 9.78 Å². The second kappa shape index (κ2) is 2.86. The molecule has 10 heavy (non-hydrogen) atoms. The van der Waals surface area contributed by atoms with Gasteiger partial charge in [0, 0.05) is 6.20 Å². The summed E-state index contributed by atoms with van der Waals surface area (Å²) in [5, 5.41) is 2.42. The predicted octanol–water partition coefficient (Wildman–Crippen LogP) is -0.422. The van der Waals surface area contributed by atoms with Crippen molar-refractivity contribution < 1.29 is 4.79 Å². The summed E-state index contributed by atoms with van der Waals surface area (Å²) in [5.41, 5.74) is 5.66. The molecule has 0 spiro atoms. The zero-order chi connectivity index (χ0) is 7.40. The maximum absolute atomic E-state index is 10.2. The highest BCUT2D eigenvalue weighted by molar-refractivity contribution is 5.71. The molecule has 1 aromatic heterocycles. The molecular formula is C5H8N4O. The van der Waals surface area contributed by atoms with Gasteiger partial charge in [0.05, 0.1) is 18.6 Å². The Morgan fingerprint density at radius 2 is 2.70 bits per heavy atom. The molecule has 0 saturated carbocycles. The molecule has 1 heterocycles. The molecule has 0 aliphatic rings. The molecule has 2 amide bonds. The van der Waals surface area contributed by atoms with Crippen LogP contribution in [0, 0.1) is 0 Å². The summed E-state index contributed by atoms with van der Waals surface area (Å²) in [4.78, 5) is 16.7. The van der Waals surface area contributed by atoms with Gasteiger partial charge in [0.2, 0.25) is 0 Å². The van der Waals surface area contributed by atoms with Crippen LogP contribution < -0.4 is 11.1 Å². The standard InChI is InChI=1S/C5H8N4O/c6-5(10)8-2-4-1-7-3-9-4/h1,3H,2H2,(H,7,9)(H3,6,8,10). The van der Waals surface area contributed by atoms with Gasteiger partial charge in [0.15, 0.2) is 0 Å². The van der Waals surface area contributed by atoms with E-state index in [1.807, 2.05) is 0 Å². The highest BCUT2D eigenvalue weighted by atomic mass is 16.2. The Labute approximate surface area is 57.6 Å². The first-order valence-corrected chi connectivity index (χ1v) is 2.79. The Morgan fingerprint density at radius 3 is 3.20 bits per heavy atom. The highest BCUT2D eigenvalue weighted by Gasteiger charge is 1.93. The number of nitrogens with one attached hydrogen (secondary N) is 2. The molecule has 0 saturated heterocycles. The maximum Gasteiger partial charge on any atom is 0.312 e. The van der Waals surface area contributed by atoms with Crippen molar-refractivity contribution in [3.8, 4) is 0 Å². The lowest BCUT2D eigenvalue weighted by Gasteiger charge is -1.95. The van der Waals surface area contributed by atoms with Crippen molar-refractivity contribution in [3.05, 3.63) is 18.2 Å². The van der Waals surface area contributed by atoms with Crippen LogP contribution in [-0.4, -0.2) is 16.0 Å². The smallest absolute Gasteiger partial charge is 0.312 e. The number of carbonyl (C=O) groups is 1. The van der Waals surface area contributed by atoms with E-state index in [4.69, 9.17) is 5.73 Å². The van der Waals surface area contributed by atoms with Crippen molar-refractivity contribution in [2.75, 3.05) is 0 Å². The summed E-state index contributed by atoms with van der Waals surface area (Å²) >= 11 is 0. The van der Waals surface area contributed by atoms with Crippen molar-refractivity contribution in [2.24, 2.45) is 5.73 Å². The number of amides is 2. The molecule has 0 radical (unpaired) electrons. The Hall–Kier alpha value is -1.52. The number of primary amides is 1. The fourth-order valence-corrected chi connectivity index (χ4v) is 0.564. The molecular weight excluding hydrogens is 132 g/mol. The lowest BCUT2D eigenvalue weighted by atomic mass is 10.5. The van der Waals surface area contributed by atoms with Crippen LogP contribution >= 0.6 is 0 Å². The molecule has 0 unspecified atom stereocenters. The number of hydrogen-bond donors (Lipinski definition) is 3. The Kier molecular flexibility index (Phi) is 1.89. The van der Waals surface area contributed by atoms with Gasteiger partial charge in [-0.2, -0.15) is 0 Å². The van der Waals surface area contributed by atoms with Crippen molar-refractivity contribution >= 4 is 6.03 Å². The Balaban J connectivity index is 2.35. The quantitative estimate of drug-likeness (QED) is 0.521. The van der Waals surface area contributed by atoms with E-state index in [2.05, 4.69) is 15.3 Å². The third-order valence-corrected chi connectivity index (χ3v) is 1.01. The van der Waals surface area contributed by atoms with Gasteiger partial charge in [-0.05, 0) is 0 Å². The number of aromatic amines is 1. The summed E-state index contributed by atoms with van der Waals surface area (Å²) in [6.45, 7) is 0.398. The van der Waals surface area contributed by atoms with Gasteiger partial charge < -0.3 is 16.0 Å². The molecule has 0 fully saturated rings. The van der Waals surface area contributed by atoms with Crippen molar-refractivity contribution in [1.82, 2.24) is 15.3 Å². The minimum absolute atomic E-state index is 0.398. The second-order valence-electron chi connectivity index (χ2n) is 1.79. The van der Waals surface area contributed by atoms with Crippen LogP contribution in [0.25, 0.3) is 0 Å². The van der Waals surface area contributed by atoms with Crippen LogP contribution in [0.2, 0.25) is 0 Å². The van der Waals surface area contributed by atoms with Gasteiger partial charge in [-0.15, -0.1) is 0 Å². The predicted molar refractivity (Wildman–Crippen MR) is 35.0 cm³/mol. The molecule has 0 bridgehead atoms. The number of nitrogens with zero attached hydrogens (tertiary/aromatic N) is 1. The third-order valence-electron chi connectivity index (χ3n) is 1.01. The Morgan fingerprint density at radius 1 is 1.90 bits per heavy atom. The van der Waals surface area contributed by atoms with Crippen molar-refractivity contribution in [2.45, 2.75) is 6.54 Å². The molecule has 5 heteroatoms. The second-order valence-corrected chi connectivity index (χ2v) is 1.79. The summed E-state index contributed by atoms with van der Waals surface area (Å²) in [6.07, 6.45) is 3.16. The fraction of sp³-hybridized carbons (Fsp3) is 0.200. The largest absolute Gasteiger partial charge is 0.352 e. The van der Waals surface area contributed by atoms with Crippen LogP contribution in [0.5, 0.6) is 0 Å². The van der Waals surface area contributed by atoms with Crippen molar-refractivity contribution in [1.29, 1.82) is 0 Å². The lowest BCUT2D eigenvalue weighted by Crippen LogP contribution is -2.28. The monoisotopic (exact) mass is 140 g/mol. The molecule has 0 atom stereocenters. The van der Waals surface area contributed by atoms with E-state index in [0.717, 1.165) is 5.69 Å². The van der Waals surface area contributed by atoms with E-state index in [0.29, 0.717) is 6.54 Å². The molecule has 0 aliphatic heterocycles. The molecule has 0 aliphatic carbocycles. The Bertz CT molecular complexity index is 205. The SMILES string of the molecule is NC(=O)NCc1cnc[nH]1. The number of hydrogen-bond acceptors (Lipinski definition) is 2. The molecule has 54 valence electrons. The molecule has 5 nitrogen and oxygen atoms in total. The van der Waals surface area contributed by atoms with Crippen LogP contribution in [0.4, 0.5) is 4.79 Å². The van der Waals surface area contributed by atoms with E-state index in [9.17, 15) is 4.79 Å². The zero-order valence-electron chi connectivity index (χ0n) is 5.29. The van der Waals surface area contributed by atoms with Crippen LogP contribution in [0.1, 0.15) is 5.69 Å². The van der Waals surface area contributed by atoms with E-state index in [1.165, 1.54) is 6.33 Å². The molecule has 1 aromatic rings. The molecule has 4 N–H and O–H groups in total. The van der Waals surface area contributed by atoms with E-state index < -0.39 is 6.03 Å². The first kappa shape index (κ1) is 6.60. The summed E-state index contributed by atoms with van der Waals surface area (Å²) in [5.74, 6) is 0. The summed E-state index contributed by atoms with van der Waals surface area (Å²) in [7, 11) is 0. The summed E-state index contributed by atoms with van der Waals surface area (Å²) < 4.78 is 0. The average molecular weight is 140 g/mol. The summed E-state index contributed by atoms with van der Waals surface area (Å²) in [6, 6.07) is -0.533. The number of nitrogens with two attached hydrogens (primary N) is 1. The number of aromatic nitrogens is 2. The van der Waals surface area contributed by atoms with Crippen LogP contribution in [-0.2, 0) is 6.54 Å². The zero-order valence-corrected chi connectivity index (χ0v) is 5.29. The third kappa shape index (κ3) is 1.77. The number of imidazole rings is 1. The average Bonchev–Trinajstić information content (AvgIpc) is 2.34. The first-order valence-electron chi connectivity index (χ1n) is 2.79. The highest BCUT2D eigenvalue weighted by Crippen LogP contribution is 1.87. The molecule has 1 rings (SSSR count). The fourth-order valence-electron chi connectivity index (χ4n) is 0.564. The number of carbonyl (C=O) groups excluding carboxylic acids is 1. The number of urea groups is 1. The minimum Gasteiger partial charge on any atom is -0.352 e. The lowest BCUT2D eigenvalue weighted by molar-refractivity contribution is 0.248. The molecule has 0 aromatic carbocycles. The van der Waals surface area contributed by atoms with Gasteiger partial charge in [0.1, 0.15) is 0 Å². The van der Waals surface area contributed by atoms with E-state index >= 15 is 0 Å². The number of rotatable bonds is 2. The normalized spacial score (nSPS) is 9.20. The van der Waals surface area contributed by atoms with Gasteiger partial charge in [-0.3, -0.25) is 0 Å². The van der Waals surface area contributed by atoms with Gasteiger partial charge in [0.25, 0.3) is 0 Å². The minimum atomic E-state index is -0.533. The van der Waals surface area contributed by atoms with Crippen LogP contribution in [0.15, 0.2) is 12.5 Å². The van der Waals surface area contributed by atoms with Gasteiger partial charge in [-0.1, -0.05) is 0 Å². The van der Waals surface area contributed by atoms with Gasteiger partial charge >= 0.3 is 6.03 Å². The first-order chi connectivity index (χ1) is 4.79. The maximum atomic E-state index is 10.2. The number of H-pyrrole nitrogens is 1.